The van der Waals surface area contributed by atoms with Crippen LogP contribution in [-0.2, 0) is 11.3 Å². The van der Waals surface area contributed by atoms with Gasteiger partial charge in [-0.05, 0) is 12.3 Å². The van der Waals surface area contributed by atoms with E-state index in [0.717, 1.165) is 4.57 Å². The number of nitrogens with zero attached hydrogens (tertiary/aromatic N) is 3. The predicted molar refractivity (Wildman–Crippen MR) is 73.5 cm³/mol. The monoisotopic (exact) mass is 267 g/mol. The maximum atomic E-state index is 11.8. The van der Waals surface area contributed by atoms with Crippen molar-refractivity contribution in [3.05, 3.63) is 22.7 Å². The SMILES string of the molecule is CC(N(C)c1cc(=O)n(CC(=O)O)cn1)C(C)(C)C. The summed E-state index contributed by atoms with van der Waals surface area (Å²) in [5, 5.41) is 8.67. The molecular weight excluding hydrogens is 246 g/mol. The van der Waals surface area contributed by atoms with Crippen molar-refractivity contribution in [2.45, 2.75) is 40.3 Å². The first-order valence-corrected chi connectivity index (χ1v) is 6.14. The van der Waals surface area contributed by atoms with Gasteiger partial charge in [0.25, 0.3) is 5.56 Å². The molecule has 0 aliphatic rings. The third kappa shape index (κ3) is 3.81. The van der Waals surface area contributed by atoms with Crippen LogP contribution >= 0.6 is 0 Å². The molecule has 1 heterocycles. The van der Waals surface area contributed by atoms with E-state index < -0.39 is 5.97 Å². The van der Waals surface area contributed by atoms with Gasteiger partial charge in [-0.15, -0.1) is 0 Å². The van der Waals surface area contributed by atoms with Crippen LogP contribution in [-0.4, -0.2) is 33.7 Å². The summed E-state index contributed by atoms with van der Waals surface area (Å²) < 4.78 is 1.07. The fourth-order valence-electron chi connectivity index (χ4n) is 1.65. The summed E-state index contributed by atoms with van der Waals surface area (Å²) in [6, 6.07) is 1.56. The van der Waals surface area contributed by atoms with Crippen molar-refractivity contribution in [2.75, 3.05) is 11.9 Å². The van der Waals surface area contributed by atoms with Crippen molar-refractivity contribution in [3.63, 3.8) is 0 Å². The van der Waals surface area contributed by atoms with Crippen LogP contribution in [0.1, 0.15) is 27.7 Å². The minimum absolute atomic E-state index is 0.0480. The summed E-state index contributed by atoms with van der Waals surface area (Å²) in [5.41, 5.74) is -0.313. The molecule has 1 aromatic rings. The van der Waals surface area contributed by atoms with Crippen molar-refractivity contribution in [1.29, 1.82) is 0 Å². The molecule has 6 heteroatoms. The molecule has 0 amide bonds. The molecule has 0 fully saturated rings. The van der Waals surface area contributed by atoms with E-state index in [2.05, 4.69) is 32.7 Å². The first kappa shape index (κ1) is 15.2. The molecule has 0 aromatic carbocycles. The van der Waals surface area contributed by atoms with Gasteiger partial charge in [-0.1, -0.05) is 20.8 Å². The largest absolute Gasteiger partial charge is 0.480 e. The second-order valence-corrected chi connectivity index (χ2v) is 5.76. The zero-order valence-electron chi connectivity index (χ0n) is 12.0. The zero-order chi connectivity index (χ0) is 14.8. The van der Waals surface area contributed by atoms with Gasteiger partial charge in [0.15, 0.2) is 0 Å². The van der Waals surface area contributed by atoms with Gasteiger partial charge in [0.2, 0.25) is 0 Å². The van der Waals surface area contributed by atoms with Crippen LogP contribution in [0.25, 0.3) is 0 Å². The Morgan fingerprint density at radius 1 is 1.53 bits per heavy atom. The Kier molecular flexibility index (Phi) is 4.34. The van der Waals surface area contributed by atoms with Crippen molar-refractivity contribution < 1.29 is 9.90 Å². The van der Waals surface area contributed by atoms with E-state index in [0.29, 0.717) is 5.82 Å². The second-order valence-electron chi connectivity index (χ2n) is 5.76. The number of aliphatic carboxylic acids is 1. The smallest absolute Gasteiger partial charge is 0.323 e. The number of carboxylic acid groups (broad SMARTS) is 1. The Hall–Kier alpha value is -1.85. The highest BCUT2D eigenvalue weighted by molar-refractivity contribution is 5.66. The molecule has 106 valence electrons. The van der Waals surface area contributed by atoms with E-state index in [9.17, 15) is 9.59 Å². The van der Waals surface area contributed by atoms with Crippen LogP contribution in [0, 0.1) is 5.41 Å². The molecule has 0 aliphatic carbocycles. The minimum atomic E-state index is -1.06. The van der Waals surface area contributed by atoms with Crippen LogP contribution in [0.2, 0.25) is 0 Å². The molecule has 6 nitrogen and oxygen atoms in total. The van der Waals surface area contributed by atoms with Gasteiger partial charge >= 0.3 is 5.97 Å². The summed E-state index contributed by atoms with van der Waals surface area (Å²) in [6.45, 7) is 8.02. The number of anilines is 1. The molecule has 1 aromatic heterocycles. The zero-order valence-corrected chi connectivity index (χ0v) is 12.0. The van der Waals surface area contributed by atoms with Crippen LogP contribution in [0.15, 0.2) is 17.2 Å². The number of carbonyl (C=O) groups is 1. The minimum Gasteiger partial charge on any atom is -0.480 e. The fraction of sp³-hybridized carbons (Fsp3) is 0.615. The average Bonchev–Trinajstić information content (AvgIpc) is 2.28. The first-order chi connectivity index (χ1) is 8.62. The lowest BCUT2D eigenvalue weighted by Gasteiger charge is -2.36. The molecule has 0 radical (unpaired) electrons. The van der Waals surface area contributed by atoms with E-state index in [-0.39, 0.29) is 23.6 Å². The number of hydrogen-bond donors (Lipinski definition) is 1. The molecular formula is C13H21N3O3. The van der Waals surface area contributed by atoms with Gasteiger partial charge in [-0.3, -0.25) is 14.2 Å². The van der Waals surface area contributed by atoms with Crippen LogP contribution in [0.3, 0.4) is 0 Å². The highest BCUT2D eigenvalue weighted by Crippen LogP contribution is 2.25. The summed E-state index contributed by atoms with van der Waals surface area (Å²) in [6.07, 6.45) is 1.28. The maximum Gasteiger partial charge on any atom is 0.323 e. The van der Waals surface area contributed by atoms with Crippen molar-refractivity contribution >= 4 is 11.8 Å². The standard InChI is InChI=1S/C13H21N3O3/c1-9(13(2,3)4)15(5)10-6-11(17)16(8-14-10)7-12(18)19/h6,8-9H,7H2,1-5H3,(H,18,19). The van der Waals surface area contributed by atoms with Crippen LogP contribution in [0.4, 0.5) is 5.82 Å². The lowest BCUT2D eigenvalue weighted by Crippen LogP contribution is -2.40. The molecule has 0 bridgehead atoms. The van der Waals surface area contributed by atoms with Crippen molar-refractivity contribution in [1.82, 2.24) is 9.55 Å². The summed E-state index contributed by atoms with van der Waals surface area (Å²) in [4.78, 5) is 28.4. The Labute approximate surface area is 112 Å². The molecule has 0 saturated carbocycles. The van der Waals surface area contributed by atoms with E-state index >= 15 is 0 Å². The molecule has 1 rings (SSSR count). The Bertz CT molecular complexity index is 517. The molecule has 1 N–H and O–H groups in total. The number of rotatable bonds is 4. The van der Waals surface area contributed by atoms with Crippen LogP contribution < -0.4 is 10.5 Å². The van der Waals surface area contributed by atoms with Gasteiger partial charge in [0.05, 0.1) is 0 Å². The van der Waals surface area contributed by atoms with Gasteiger partial charge in [-0.2, -0.15) is 0 Å². The fourth-order valence-corrected chi connectivity index (χ4v) is 1.65. The van der Waals surface area contributed by atoms with E-state index in [4.69, 9.17) is 5.11 Å². The maximum absolute atomic E-state index is 11.8. The first-order valence-electron chi connectivity index (χ1n) is 6.14. The Morgan fingerprint density at radius 3 is 2.53 bits per heavy atom. The molecule has 0 aliphatic heterocycles. The van der Waals surface area contributed by atoms with E-state index in [1.165, 1.54) is 12.4 Å². The number of hydrogen-bond acceptors (Lipinski definition) is 4. The third-order valence-corrected chi connectivity index (χ3v) is 3.37. The van der Waals surface area contributed by atoms with E-state index in [1.807, 2.05) is 11.9 Å². The highest BCUT2D eigenvalue weighted by atomic mass is 16.4. The average molecular weight is 267 g/mol. The quantitative estimate of drug-likeness (QED) is 0.887. The van der Waals surface area contributed by atoms with Gasteiger partial charge < -0.3 is 10.0 Å². The van der Waals surface area contributed by atoms with Crippen molar-refractivity contribution in [3.8, 4) is 0 Å². The highest BCUT2D eigenvalue weighted by Gasteiger charge is 2.25. The molecule has 0 saturated heterocycles. The molecule has 1 atom stereocenters. The lowest BCUT2D eigenvalue weighted by atomic mass is 9.87. The third-order valence-electron chi connectivity index (χ3n) is 3.37. The Balaban J connectivity index is 3.01. The predicted octanol–water partition coefficient (Wildman–Crippen LogP) is 1.20. The second kappa shape index (κ2) is 5.42. The summed E-state index contributed by atoms with van der Waals surface area (Å²) in [5.74, 6) is -0.512. The Morgan fingerprint density at radius 2 is 2.11 bits per heavy atom. The van der Waals surface area contributed by atoms with Gasteiger partial charge in [0.1, 0.15) is 18.7 Å². The number of carboxylic acids is 1. The van der Waals surface area contributed by atoms with Gasteiger partial charge in [-0.25, -0.2) is 4.98 Å². The molecule has 0 spiro atoms. The molecule has 19 heavy (non-hydrogen) atoms. The normalized spacial score (nSPS) is 13.1. The van der Waals surface area contributed by atoms with E-state index in [1.54, 1.807) is 0 Å². The molecule has 1 unspecified atom stereocenters. The van der Waals surface area contributed by atoms with Crippen LogP contribution in [0.5, 0.6) is 0 Å². The number of aromatic nitrogens is 2. The van der Waals surface area contributed by atoms with Gasteiger partial charge in [0, 0.05) is 19.2 Å². The summed E-state index contributed by atoms with van der Waals surface area (Å²) >= 11 is 0. The lowest BCUT2D eigenvalue weighted by molar-refractivity contribution is -0.137. The summed E-state index contributed by atoms with van der Waals surface area (Å²) in [7, 11) is 1.87. The van der Waals surface area contributed by atoms with Crippen molar-refractivity contribution in [2.24, 2.45) is 5.41 Å². The topological polar surface area (TPSA) is 75.4 Å².